The van der Waals surface area contributed by atoms with Gasteiger partial charge in [-0.2, -0.15) is 0 Å². The maximum atomic E-state index is 12.0. The fraction of sp³-hybridized carbons (Fsp3) is 0.409. The monoisotopic (exact) mass is 340 g/mol. The summed E-state index contributed by atoms with van der Waals surface area (Å²) in [5.41, 5.74) is 5.87. The van der Waals surface area contributed by atoms with Gasteiger partial charge in [0.1, 0.15) is 11.5 Å². The quantitative estimate of drug-likeness (QED) is 0.667. The van der Waals surface area contributed by atoms with E-state index in [1.807, 2.05) is 27.7 Å². The summed E-state index contributed by atoms with van der Waals surface area (Å²) in [6, 6.07) is 5.16. The van der Waals surface area contributed by atoms with Gasteiger partial charge in [0.2, 0.25) is 0 Å². The van der Waals surface area contributed by atoms with Crippen LogP contribution in [0.25, 0.3) is 11.1 Å². The Balaban J connectivity index is 2.91. The Morgan fingerprint density at radius 3 is 2.12 bits per heavy atom. The molecule has 0 radical (unpaired) electrons. The molecule has 0 bridgehead atoms. The second-order valence-corrected chi connectivity index (χ2v) is 7.09. The van der Waals surface area contributed by atoms with Crippen molar-refractivity contribution in [1.29, 1.82) is 0 Å². The lowest BCUT2D eigenvalue weighted by atomic mass is 9.82. The number of hydrogen-bond donors (Lipinski definition) is 2. The molecule has 0 aromatic heterocycles. The van der Waals surface area contributed by atoms with Crippen molar-refractivity contribution >= 4 is 6.29 Å². The van der Waals surface area contributed by atoms with Crippen molar-refractivity contribution in [2.45, 2.75) is 59.8 Å². The van der Waals surface area contributed by atoms with E-state index in [4.69, 9.17) is 0 Å². The zero-order valence-corrected chi connectivity index (χ0v) is 15.8. The minimum atomic E-state index is 0.0709. The number of rotatable bonds is 6. The SMILES string of the molecule is CCCCc1cc(O)c(C(C)C)c(-c2c(C)cc(O)cc2C)c1C=O. The first-order valence-corrected chi connectivity index (χ1v) is 8.96. The Morgan fingerprint density at radius 1 is 1.04 bits per heavy atom. The van der Waals surface area contributed by atoms with Gasteiger partial charge in [-0.05, 0) is 73.1 Å². The van der Waals surface area contributed by atoms with Crippen molar-refractivity contribution in [3.05, 3.63) is 46.0 Å². The van der Waals surface area contributed by atoms with E-state index in [9.17, 15) is 15.0 Å². The number of carbonyl (C=O) groups excluding carboxylic acids is 1. The fourth-order valence-electron chi connectivity index (χ4n) is 3.65. The molecule has 2 N–H and O–H groups in total. The fourth-order valence-corrected chi connectivity index (χ4v) is 3.65. The average Bonchev–Trinajstić information content (AvgIpc) is 2.51. The van der Waals surface area contributed by atoms with E-state index < -0.39 is 0 Å². The molecule has 0 atom stereocenters. The molecule has 2 aromatic rings. The van der Waals surface area contributed by atoms with Crippen LogP contribution in [0.1, 0.15) is 72.1 Å². The maximum Gasteiger partial charge on any atom is 0.150 e. The lowest BCUT2D eigenvalue weighted by molar-refractivity contribution is 0.112. The van der Waals surface area contributed by atoms with Crippen LogP contribution in [-0.4, -0.2) is 16.5 Å². The molecule has 0 amide bonds. The topological polar surface area (TPSA) is 57.5 Å². The second-order valence-electron chi connectivity index (χ2n) is 7.09. The first kappa shape index (κ1) is 19.0. The maximum absolute atomic E-state index is 12.0. The lowest BCUT2D eigenvalue weighted by Gasteiger charge is -2.23. The molecule has 3 heteroatoms. The molecular weight excluding hydrogens is 312 g/mol. The van der Waals surface area contributed by atoms with Crippen molar-refractivity contribution in [3.63, 3.8) is 0 Å². The third kappa shape index (κ3) is 3.71. The smallest absolute Gasteiger partial charge is 0.150 e. The van der Waals surface area contributed by atoms with Crippen molar-refractivity contribution in [3.8, 4) is 22.6 Å². The van der Waals surface area contributed by atoms with Gasteiger partial charge < -0.3 is 10.2 Å². The first-order valence-electron chi connectivity index (χ1n) is 8.96. The van der Waals surface area contributed by atoms with E-state index >= 15 is 0 Å². The molecule has 0 saturated carbocycles. The van der Waals surface area contributed by atoms with Crippen LogP contribution in [0.15, 0.2) is 18.2 Å². The van der Waals surface area contributed by atoms with Crippen LogP contribution in [-0.2, 0) is 6.42 Å². The van der Waals surface area contributed by atoms with Crippen LogP contribution in [0, 0.1) is 13.8 Å². The van der Waals surface area contributed by atoms with Crippen molar-refractivity contribution in [2.75, 3.05) is 0 Å². The Labute approximate surface area is 150 Å². The number of carbonyl (C=O) groups is 1. The summed E-state index contributed by atoms with van der Waals surface area (Å²) in [6.45, 7) is 10.00. The number of aromatic hydroxyl groups is 2. The predicted molar refractivity (Wildman–Crippen MR) is 103 cm³/mol. The zero-order chi connectivity index (χ0) is 18.7. The van der Waals surface area contributed by atoms with Crippen molar-refractivity contribution in [2.24, 2.45) is 0 Å². The largest absolute Gasteiger partial charge is 0.508 e. The summed E-state index contributed by atoms with van der Waals surface area (Å²) < 4.78 is 0. The van der Waals surface area contributed by atoms with Gasteiger partial charge in [0.15, 0.2) is 6.29 Å². The molecule has 2 rings (SSSR count). The lowest BCUT2D eigenvalue weighted by Crippen LogP contribution is -2.05. The minimum Gasteiger partial charge on any atom is -0.508 e. The molecular formula is C22H28O3. The highest BCUT2D eigenvalue weighted by Crippen LogP contribution is 2.43. The molecule has 0 heterocycles. The van der Waals surface area contributed by atoms with E-state index in [1.165, 1.54) is 0 Å². The summed E-state index contributed by atoms with van der Waals surface area (Å²) in [4.78, 5) is 12.0. The Morgan fingerprint density at radius 2 is 1.64 bits per heavy atom. The van der Waals surface area contributed by atoms with Crippen LogP contribution < -0.4 is 0 Å². The number of hydrogen-bond acceptors (Lipinski definition) is 3. The van der Waals surface area contributed by atoms with Crippen molar-refractivity contribution in [1.82, 2.24) is 0 Å². The highest BCUT2D eigenvalue weighted by Gasteiger charge is 2.23. The third-order valence-corrected chi connectivity index (χ3v) is 4.73. The molecule has 25 heavy (non-hydrogen) atoms. The molecule has 0 aliphatic carbocycles. The third-order valence-electron chi connectivity index (χ3n) is 4.73. The van der Waals surface area contributed by atoms with Crippen molar-refractivity contribution < 1.29 is 15.0 Å². The van der Waals surface area contributed by atoms with Crippen LogP contribution in [0.4, 0.5) is 0 Å². The minimum absolute atomic E-state index is 0.0709. The van der Waals surface area contributed by atoms with E-state index in [2.05, 4.69) is 6.92 Å². The molecule has 0 fully saturated rings. The zero-order valence-electron chi connectivity index (χ0n) is 15.8. The van der Waals surface area contributed by atoms with Crippen LogP contribution in [0.2, 0.25) is 0 Å². The Hall–Kier alpha value is -2.29. The van der Waals surface area contributed by atoms with E-state index in [0.717, 1.165) is 58.9 Å². The second kappa shape index (κ2) is 7.73. The van der Waals surface area contributed by atoms with Gasteiger partial charge in [-0.3, -0.25) is 4.79 Å². The number of unbranched alkanes of at least 4 members (excludes halogenated alkanes) is 1. The molecule has 0 aliphatic rings. The normalized spacial score (nSPS) is 11.1. The number of aldehydes is 1. The average molecular weight is 340 g/mol. The molecule has 2 aromatic carbocycles. The molecule has 0 saturated heterocycles. The van der Waals surface area contributed by atoms with E-state index in [1.54, 1.807) is 18.2 Å². The number of phenols is 2. The summed E-state index contributed by atoms with van der Waals surface area (Å²) in [6.07, 6.45) is 3.67. The summed E-state index contributed by atoms with van der Waals surface area (Å²) in [7, 11) is 0. The molecule has 3 nitrogen and oxygen atoms in total. The highest BCUT2D eigenvalue weighted by atomic mass is 16.3. The van der Waals surface area contributed by atoms with Gasteiger partial charge in [-0.15, -0.1) is 0 Å². The van der Waals surface area contributed by atoms with Gasteiger partial charge in [-0.25, -0.2) is 0 Å². The molecule has 0 aliphatic heterocycles. The van der Waals surface area contributed by atoms with Gasteiger partial charge >= 0.3 is 0 Å². The number of phenolic OH excluding ortho intramolecular Hbond substituents is 2. The number of benzene rings is 2. The predicted octanol–water partition coefficient (Wildman–Crippen LogP) is 5.66. The molecule has 0 spiro atoms. The number of aryl methyl sites for hydroxylation is 3. The van der Waals surface area contributed by atoms with E-state index in [-0.39, 0.29) is 17.4 Å². The highest BCUT2D eigenvalue weighted by molar-refractivity contribution is 5.94. The molecule has 134 valence electrons. The van der Waals surface area contributed by atoms with Gasteiger partial charge in [-0.1, -0.05) is 27.2 Å². The standard InChI is InChI=1S/C22H28O3/c1-6-7-8-16-11-19(25)20(13(2)3)22(18(16)12-23)21-14(4)9-17(24)10-15(21)5/h9-13,24-25H,6-8H2,1-5H3. The van der Waals surface area contributed by atoms with Gasteiger partial charge in [0.25, 0.3) is 0 Å². The summed E-state index contributed by atoms with van der Waals surface area (Å²) in [5.74, 6) is 0.527. The van der Waals surface area contributed by atoms with Crippen LogP contribution in [0.5, 0.6) is 11.5 Å². The Kier molecular flexibility index (Phi) is 5.89. The van der Waals surface area contributed by atoms with Crippen LogP contribution >= 0.6 is 0 Å². The summed E-state index contributed by atoms with van der Waals surface area (Å²) in [5, 5.41) is 20.6. The van der Waals surface area contributed by atoms with E-state index in [0.29, 0.717) is 5.56 Å². The summed E-state index contributed by atoms with van der Waals surface area (Å²) >= 11 is 0. The first-order chi connectivity index (χ1) is 11.8. The van der Waals surface area contributed by atoms with Gasteiger partial charge in [0, 0.05) is 16.7 Å². The van der Waals surface area contributed by atoms with Crippen LogP contribution in [0.3, 0.4) is 0 Å². The Bertz CT molecular complexity index is 765. The van der Waals surface area contributed by atoms with Gasteiger partial charge in [0.05, 0.1) is 0 Å². The molecule has 0 unspecified atom stereocenters.